The predicted octanol–water partition coefficient (Wildman–Crippen LogP) is 4.45. The molecule has 126 valence electrons. The van der Waals surface area contributed by atoms with Gasteiger partial charge in [-0.2, -0.15) is 0 Å². The van der Waals surface area contributed by atoms with Crippen LogP contribution >= 0.6 is 0 Å². The molecular weight excluding hydrogens is 312 g/mol. The minimum absolute atomic E-state index is 0.102. The van der Waals surface area contributed by atoms with Crippen LogP contribution in [-0.4, -0.2) is 13.0 Å². The van der Waals surface area contributed by atoms with E-state index in [0.29, 0.717) is 12.1 Å². The second-order valence-corrected chi connectivity index (χ2v) is 5.54. The molecule has 0 fully saturated rings. The molecule has 3 aromatic rings. The fourth-order valence-electron chi connectivity index (χ4n) is 2.48. The molecule has 3 aromatic carbocycles. The third kappa shape index (κ3) is 4.38. The molecule has 0 aromatic heterocycles. The minimum atomic E-state index is -0.102. The zero-order valence-electron chi connectivity index (χ0n) is 14.0. The van der Waals surface area contributed by atoms with Gasteiger partial charge in [-0.1, -0.05) is 42.5 Å². The van der Waals surface area contributed by atoms with Crippen molar-refractivity contribution in [2.75, 3.05) is 12.4 Å². The molecule has 0 aliphatic rings. The van der Waals surface area contributed by atoms with Gasteiger partial charge in [0.1, 0.15) is 11.5 Å². The van der Waals surface area contributed by atoms with Crippen LogP contribution < -0.4 is 15.4 Å². The maximum atomic E-state index is 12.3. The third-order valence-corrected chi connectivity index (χ3v) is 3.80. The molecule has 0 bridgehead atoms. The summed E-state index contributed by atoms with van der Waals surface area (Å²) in [6.45, 7) is 0.461. The molecule has 0 atom stereocenters. The van der Waals surface area contributed by atoms with Crippen molar-refractivity contribution in [3.8, 4) is 11.5 Å². The van der Waals surface area contributed by atoms with Crippen LogP contribution in [0.4, 0.5) is 5.69 Å². The largest absolute Gasteiger partial charge is 0.457 e. The molecule has 1 amide bonds. The summed E-state index contributed by atoms with van der Waals surface area (Å²) in [5.74, 6) is 1.46. The number of carbonyl (C=O) groups excluding carboxylic acids is 1. The van der Waals surface area contributed by atoms with E-state index in [4.69, 9.17) is 4.74 Å². The Morgan fingerprint density at radius 2 is 1.48 bits per heavy atom. The number of hydrogen-bond acceptors (Lipinski definition) is 3. The minimum Gasteiger partial charge on any atom is -0.457 e. The van der Waals surface area contributed by atoms with Crippen LogP contribution in [0.15, 0.2) is 78.9 Å². The van der Waals surface area contributed by atoms with Gasteiger partial charge >= 0.3 is 0 Å². The second-order valence-electron chi connectivity index (χ2n) is 5.54. The Labute approximate surface area is 147 Å². The van der Waals surface area contributed by atoms with E-state index in [1.165, 1.54) is 0 Å². The van der Waals surface area contributed by atoms with Crippen LogP contribution in [0.3, 0.4) is 0 Å². The van der Waals surface area contributed by atoms with Gasteiger partial charge in [-0.05, 0) is 42.0 Å². The summed E-state index contributed by atoms with van der Waals surface area (Å²) in [5, 5.41) is 5.97. The van der Waals surface area contributed by atoms with Gasteiger partial charge in [0.15, 0.2) is 0 Å². The van der Waals surface area contributed by atoms with Crippen LogP contribution in [0.5, 0.6) is 11.5 Å². The van der Waals surface area contributed by atoms with E-state index in [0.717, 1.165) is 22.7 Å². The lowest BCUT2D eigenvalue weighted by molar-refractivity contribution is 0.0951. The first-order chi connectivity index (χ1) is 12.3. The summed E-state index contributed by atoms with van der Waals surface area (Å²) in [4.78, 5) is 12.3. The normalized spacial score (nSPS) is 10.1. The first-order valence-corrected chi connectivity index (χ1v) is 8.13. The lowest BCUT2D eigenvalue weighted by Crippen LogP contribution is -2.23. The fraction of sp³-hybridized carbons (Fsp3) is 0.0952. The molecule has 3 rings (SSSR count). The number of para-hydroxylation sites is 2. The number of rotatable bonds is 6. The van der Waals surface area contributed by atoms with E-state index in [2.05, 4.69) is 10.6 Å². The van der Waals surface area contributed by atoms with Crippen molar-refractivity contribution in [2.45, 2.75) is 6.54 Å². The van der Waals surface area contributed by atoms with Gasteiger partial charge < -0.3 is 15.4 Å². The van der Waals surface area contributed by atoms with Gasteiger partial charge in [-0.25, -0.2) is 0 Å². The van der Waals surface area contributed by atoms with E-state index in [1.54, 1.807) is 13.1 Å². The maximum absolute atomic E-state index is 12.3. The Bertz CT molecular complexity index is 830. The number of benzene rings is 3. The van der Waals surface area contributed by atoms with Gasteiger partial charge in [0.25, 0.3) is 5.91 Å². The predicted molar refractivity (Wildman–Crippen MR) is 100 cm³/mol. The molecule has 0 spiro atoms. The summed E-state index contributed by atoms with van der Waals surface area (Å²) >= 11 is 0. The van der Waals surface area contributed by atoms with E-state index < -0.39 is 0 Å². The SMILES string of the molecule is CNc1ccccc1C(=O)NCc1ccc(Oc2ccccc2)cc1. The van der Waals surface area contributed by atoms with Crippen LogP contribution in [0.25, 0.3) is 0 Å². The van der Waals surface area contributed by atoms with Crippen molar-refractivity contribution in [1.82, 2.24) is 5.32 Å². The zero-order valence-corrected chi connectivity index (χ0v) is 14.0. The lowest BCUT2D eigenvalue weighted by atomic mass is 10.1. The van der Waals surface area contributed by atoms with Crippen LogP contribution in [0, 0.1) is 0 Å². The number of anilines is 1. The van der Waals surface area contributed by atoms with Crippen LogP contribution in [0.1, 0.15) is 15.9 Å². The Morgan fingerprint density at radius 1 is 0.840 bits per heavy atom. The Hall–Kier alpha value is -3.27. The van der Waals surface area contributed by atoms with Crippen molar-refractivity contribution in [3.63, 3.8) is 0 Å². The molecule has 0 radical (unpaired) electrons. The molecular formula is C21H20N2O2. The molecule has 0 aliphatic heterocycles. The average molecular weight is 332 g/mol. The van der Waals surface area contributed by atoms with Crippen molar-refractivity contribution >= 4 is 11.6 Å². The quantitative estimate of drug-likeness (QED) is 0.701. The molecule has 25 heavy (non-hydrogen) atoms. The monoisotopic (exact) mass is 332 g/mol. The topological polar surface area (TPSA) is 50.4 Å². The number of nitrogens with one attached hydrogen (secondary N) is 2. The molecule has 0 saturated carbocycles. The van der Waals surface area contributed by atoms with Gasteiger partial charge in [0, 0.05) is 19.3 Å². The smallest absolute Gasteiger partial charge is 0.253 e. The van der Waals surface area contributed by atoms with Crippen LogP contribution in [-0.2, 0) is 6.54 Å². The van der Waals surface area contributed by atoms with E-state index in [-0.39, 0.29) is 5.91 Å². The van der Waals surface area contributed by atoms with Gasteiger partial charge in [-0.15, -0.1) is 0 Å². The van der Waals surface area contributed by atoms with Gasteiger partial charge in [0.05, 0.1) is 5.56 Å². The number of hydrogen-bond donors (Lipinski definition) is 2. The van der Waals surface area contributed by atoms with Crippen LogP contribution in [0.2, 0.25) is 0 Å². The summed E-state index contributed by atoms with van der Waals surface area (Å²) in [7, 11) is 1.80. The van der Waals surface area contributed by atoms with Crippen molar-refractivity contribution in [1.29, 1.82) is 0 Å². The molecule has 4 nitrogen and oxygen atoms in total. The Kier molecular flexibility index (Phi) is 5.32. The number of amides is 1. The van der Waals surface area contributed by atoms with E-state index in [1.807, 2.05) is 72.8 Å². The highest BCUT2D eigenvalue weighted by Gasteiger charge is 2.09. The van der Waals surface area contributed by atoms with Crippen molar-refractivity contribution in [2.24, 2.45) is 0 Å². The maximum Gasteiger partial charge on any atom is 0.253 e. The molecule has 2 N–H and O–H groups in total. The second kappa shape index (κ2) is 8.02. The van der Waals surface area contributed by atoms with E-state index >= 15 is 0 Å². The highest BCUT2D eigenvalue weighted by atomic mass is 16.5. The van der Waals surface area contributed by atoms with Crippen molar-refractivity contribution < 1.29 is 9.53 Å². The summed E-state index contributed by atoms with van der Waals surface area (Å²) < 4.78 is 5.76. The lowest BCUT2D eigenvalue weighted by Gasteiger charge is -2.10. The summed E-state index contributed by atoms with van der Waals surface area (Å²) in [6.07, 6.45) is 0. The average Bonchev–Trinajstić information content (AvgIpc) is 2.68. The molecule has 0 saturated heterocycles. The first kappa shape index (κ1) is 16.6. The summed E-state index contributed by atoms with van der Waals surface area (Å²) in [6, 6.07) is 24.8. The number of carbonyl (C=O) groups is 1. The fourth-order valence-corrected chi connectivity index (χ4v) is 2.48. The van der Waals surface area contributed by atoms with Gasteiger partial charge in [-0.3, -0.25) is 4.79 Å². The first-order valence-electron chi connectivity index (χ1n) is 8.13. The molecule has 0 heterocycles. The molecule has 0 unspecified atom stereocenters. The molecule has 4 heteroatoms. The van der Waals surface area contributed by atoms with Crippen molar-refractivity contribution in [3.05, 3.63) is 90.0 Å². The zero-order chi connectivity index (χ0) is 17.5. The standard InChI is InChI=1S/C21H20N2O2/c1-22-20-10-6-5-9-19(20)21(24)23-15-16-11-13-18(14-12-16)25-17-7-3-2-4-8-17/h2-14,22H,15H2,1H3,(H,23,24). The Balaban J connectivity index is 1.59. The summed E-state index contributed by atoms with van der Waals surface area (Å²) in [5.41, 5.74) is 2.45. The highest BCUT2D eigenvalue weighted by molar-refractivity contribution is 5.99. The van der Waals surface area contributed by atoms with E-state index in [9.17, 15) is 4.79 Å². The Morgan fingerprint density at radius 3 is 2.20 bits per heavy atom. The number of ether oxygens (including phenoxy) is 1. The van der Waals surface area contributed by atoms with Gasteiger partial charge in [0.2, 0.25) is 0 Å². The third-order valence-electron chi connectivity index (χ3n) is 3.80. The molecule has 0 aliphatic carbocycles. The highest BCUT2D eigenvalue weighted by Crippen LogP contribution is 2.21.